The Morgan fingerprint density at radius 3 is 2.25 bits per heavy atom. The molecule has 1 fully saturated rings. The summed E-state index contributed by atoms with van der Waals surface area (Å²) >= 11 is 0. The van der Waals surface area contributed by atoms with Crippen molar-refractivity contribution in [1.82, 2.24) is 4.90 Å². The van der Waals surface area contributed by atoms with Gasteiger partial charge < -0.3 is 4.90 Å². The van der Waals surface area contributed by atoms with Crippen molar-refractivity contribution < 1.29 is 18.0 Å². The van der Waals surface area contributed by atoms with Crippen LogP contribution in [-0.4, -0.2) is 23.9 Å². The molecule has 5 heteroatoms. The Hall–Kier alpha value is -1.52. The van der Waals surface area contributed by atoms with Gasteiger partial charge in [0.1, 0.15) is 0 Å². The minimum Gasteiger partial charge on any atom is -0.339 e. The molecule has 110 valence electrons. The topological polar surface area (TPSA) is 20.3 Å². The third-order valence-electron chi connectivity index (χ3n) is 3.83. The summed E-state index contributed by atoms with van der Waals surface area (Å²) in [6, 6.07) is 1.53. The molecule has 1 aliphatic heterocycles. The minimum absolute atomic E-state index is 0.129. The average molecular weight is 285 g/mol. The molecule has 1 aliphatic rings. The lowest BCUT2D eigenvalue weighted by Crippen LogP contribution is -2.38. The second kappa shape index (κ2) is 6.29. The normalized spacial score (nSPS) is 16.5. The standard InChI is InChI=1S/C15H18F3NO/c1-2-3-10-4-6-19(7-5-10)15(20)11-8-12(16)14(18)13(17)9-11/h8-10H,2-7H2,1H3. The molecule has 0 unspecified atom stereocenters. The second-order valence-electron chi connectivity index (χ2n) is 5.28. The van der Waals surface area contributed by atoms with E-state index in [1.807, 2.05) is 0 Å². The van der Waals surface area contributed by atoms with E-state index in [0.717, 1.165) is 37.8 Å². The lowest BCUT2D eigenvalue weighted by atomic mass is 9.92. The van der Waals surface area contributed by atoms with E-state index in [1.165, 1.54) is 0 Å². The molecule has 0 spiro atoms. The molecule has 1 saturated heterocycles. The monoisotopic (exact) mass is 285 g/mol. The Morgan fingerprint density at radius 2 is 1.75 bits per heavy atom. The van der Waals surface area contributed by atoms with Crippen LogP contribution in [0.4, 0.5) is 13.2 Å². The molecule has 0 saturated carbocycles. The van der Waals surface area contributed by atoms with Crippen molar-refractivity contribution in [2.45, 2.75) is 32.6 Å². The zero-order valence-electron chi connectivity index (χ0n) is 11.5. The molecule has 2 nitrogen and oxygen atoms in total. The summed E-state index contributed by atoms with van der Waals surface area (Å²) in [5.74, 6) is -4.00. The van der Waals surface area contributed by atoms with Crippen LogP contribution >= 0.6 is 0 Å². The first-order valence-electron chi connectivity index (χ1n) is 6.96. The number of amides is 1. The third kappa shape index (κ3) is 3.14. The Bertz CT molecular complexity index is 473. The van der Waals surface area contributed by atoms with Gasteiger partial charge in [0.05, 0.1) is 0 Å². The molecule has 20 heavy (non-hydrogen) atoms. The fourth-order valence-corrected chi connectivity index (χ4v) is 2.69. The van der Waals surface area contributed by atoms with Crippen molar-refractivity contribution in [3.05, 3.63) is 35.1 Å². The van der Waals surface area contributed by atoms with Crippen molar-refractivity contribution in [3.8, 4) is 0 Å². The van der Waals surface area contributed by atoms with Gasteiger partial charge in [-0.25, -0.2) is 13.2 Å². The molecule has 0 aromatic heterocycles. The smallest absolute Gasteiger partial charge is 0.254 e. The molecular formula is C15H18F3NO. The number of hydrogen-bond acceptors (Lipinski definition) is 1. The van der Waals surface area contributed by atoms with Gasteiger partial charge in [-0.2, -0.15) is 0 Å². The van der Waals surface area contributed by atoms with Crippen LogP contribution in [0, 0.1) is 23.4 Å². The predicted molar refractivity (Wildman–Crippen MR) is 69.9 cm³/mol. The zero-order valence-corrected chi connectivity index (χ0v) is 11.5. The molecule has 1 heterocycles. The molecule has 0 N–H and O–H groups in total. The van der Waals surface area contributed by atoms with Gasteiger partial charge in [-0.05, 0) is 30.9 Å². The molecule has 1 aromatic rings. The van der Waals surface area contributed by atoms with Crippen LogP contribution < -0.4 is 0 Å². The average Bonchev–Trinajstić information content (AvgIpc) is 2.44. The number of nitrogens with zero attached hydrogens (tertiary/aromatic N) is 1. The third-order valence-corrected chi connectivity index (χ3v) is 3.83. The van der Waals surface area contributed by atoms with Gasteiger partial charge in [0.2, 0.25) is 0 Å². The summed E-state index contributed by atoms with van der Waals surface area (Å²) in [4.78, 5) is 13.7. The van der Waals surface area contributed by atoms with Gasteiger partial charge in [-0.3, -0.25) is 4.79 Å². The number of hydrogen-bond donors (Lipinski definition) is 0. The molecular weight excluding hydrogens is 267 g/mol. The number of rotatable bonds is 3. The Kier molecular flexibility index (Phi) is 4.68. The highest BCUT2D eigenvalue weighted by molar-refractivity contribution is 5.94. The van der Waals surface area contributed by atoms with Gasteiger partial charge in [0.25, 0.3) is 5.91 Å². The van der Waals surface area contributed by atoms with Crippen LogP contribution in [0.25, 0.3) is 0 Å². The molecule has 0 atom stereocenters. The molecule has 1 aromatic carbocycles. The number of carbonyl (C=O) groups is 1. The Labute approximate surface area is 116 Å². The van der Waals surface area contributed by atoms with E-state index < -0.39 is 23.4 Å². The zero-order chi connectivity index (χ0) is 14.7. The van der Waals surface area contributed by atoms with Crippen LogP contribution in [-0.2, 0) is 0 Å². The highest BCUT2D eigenvalue weighted by Gasteiger charge is 2.24. The van der Waals surface area contributed by atoms with Crippen molar-refractivity contribution in [2.24, 2.45) is 5.92 Å². The maximum Gasteiger partial charge on any atom is 0.254 e. The van der Waals surface area contributed by atoms with Gasteiger partial charge in [-0.15, -0.1) is 0 Å². The highest BCUT2D eigenvalue weighted by Crippen LogP contribution is 2.23. The number of halogens is 3. The molecule has 0 radical (unpaired) electrons. The highest BCUT2D eigenvalue weighted by atomic mass is 19.2. The first-order chi connectivity index (χ1) is 9.52. The fraction of sp³-hybridized carbons (Fsp3) is 0.533. The van der Waals surface area contributed by atoms with Crippen molar-refractivity contribution >= 4 is 5.91 Å². The van der Waals surface area contributed by atoms with E-state index in [4.69, 9.17) is 0 Å². The van der Waals surface area contributed by atoms with Crippen LogP contribution in [0.2, 0.25) is 0 Å². The van der Waals surface area contributed by atoms with Crippen molar-refractivity contribution in [2.75, 3.05) is 13.1 Å². The maximum atomic E-state index is 13.1. The summed E-state index contributed by atoms with van der Waals surface area (Å²) < 4.78 is 39.2. The van der Waals surface area contributed by atoms with Gasteiger partial charge >= 0.3 is 0 Å². The maximum absolute atomic E-state index is 13.1. The number of benzene rings is 1. The summed E-state index contributed by atoms with van der Waals surface area (Å²) in [7, 11) is 0. The second-order valence-corrected chi connectivity index (χ2v) is 5.28. The van der Waals surface area contributed by atoms with E-state index >= 15 is 0 Å². The molecule has 0 aliphatic carbocycles. The summed E-state index contributed by atoms with van der Waals surface area (Å²) in [6.45, 7) is 3.30. The van der Waals surface area contributed by atoms with Crippen molar-refractivity contribution in [1.29, 1.82) is 0 Å². The van der Waals surface area contributed by atoms with Crippen LogP contribution in [0.5, 0.6) is 0 Å². The predicted octanol–water partition coefficient (Wildman–Crippen LogP) is 3.76. The Balaban J connectivity index is 2.06. The largest absolute Gasteiger partial charge is 0.339 e. The number of piperidine rings is 1. The van der Waals surface area contributed by atoms with Crippen LogP contribution in [0.3, 0.4) is 0 Å². The molecule has 0 bridgehead atoms. The lowest BCUT2D eigenvalue weighted by Gasteiger charge is -2.32. The summed E-state index contributed by atoms with van der Waals surface area (Å²) in [6.07, 6.45) is 4.08. The van der Waals surface area contributed by atoms with Crippen molar-refractivity contribution in [3.63, 3.8) is 0 Å². The van der Waals surface area contributed by atoms with E-state index in [0.29, 0.717) is 19.0 Å². The first-order valence-corrected chi connectivity index (χ1v) is 6.96. The van der Waals surface area contributed by atoms with Gasteiger partial charge in [0, 0.05) is 18.7 Å². The van der Waals surface area contributed by atoms with Crippen LogP contribution in [0.1, 0.15) is 43.0 Å². The Morgan fingerprint density at radius 1 is 1.20 bits per heavy atom. The SMILES string of the molecule is CCCC1CCN(C(=O)c2cc(F)c(F)c(F)c2)CC1. The van der Waals surface area contributed by atoms with Gasteiger partial charge in [0.15, 0.2) is 17.5 Å². The first kappa shape index (κ1) is 14.9. The van der Waals surface area contributed by atoms with E-state index in [2.05, 4.69) is 6.92 Å². The van der Waals surface area contributed by atoms with E-state index in [-0.39, 0.29) is 5.56 Å². The summed E-state index contributed by atoms with van der Waals surface area (Å²) in [5.41, 5.74) is -0.129. The fourth-order valence-electron chi connectivity index (χ4n) is 2.69. The molecule has 2 rings (SSSR count). The lowest BCUT2D eigenvalue weighted by molar-refractivity contribution is 0.0685. The number of likely N-dealkylation sites (tertiary alicyclic amines) is 1. The quantitative estimate of drug-likeness (QED) is 0.774. The summed E-state index contributed by atoms with van der Waals surface area (Å²) in [5, 5.41) is 0. The van der Waals surface area contributed by atoms with Crippen LogP contribution in [0.15, 0.2) is 12.1 Å². The minimum atomic E-state index is -1.54. The number of carbonyl (C=O) groups excluding carboxylic acids is 1. The van der Waals surface area contributed by atoms with Gasteiger partial charge in [-0.1, -0.05) is 19.8 Å². The van der Waals surface area contributed by atoms with E-state index in [9.17, 15) is 18.0 Å². The molecule has 1 amide bonds. The van der Waals surface area contributed by atoms with E-state index in [1.54, 1.807) is 4.90 Å².